The van der Waals surface area contributed by atoms with Crippen LogP contribution in [0.25, 0.3) is 0 Å². The van der Waals surface area contributed by atoms with E-state index in [1.54, 1.807) is 0 Å². The number of unbranched alkanes of at least 4 members (excludes halogenated alkanes) is 4. The van der Waals surface area contributed by atoms with E-state index >= 15 is 0 Å². The van der Waals surface area contributed by atoms with E-state index in [0.717, 1.165) is 13.1 Å². The Morgan fingerprint density at radius 2 is 0.778 bits per heavy atom. The maximum atomic E-state index is 4.13. The smallest absolute Gasteiger partial charge is 0.300 e. The monoisotopic (exact) mass is 400 g/mol. The predicted octanol–water partition coefficient (Wildman–Crippen LogP) is 5.23. The van der Waals surface area contributed by atoms with Crippen molar-refractivity contribution in [1.82, 2.24) is 19.1 Å². The van der Waals surface area contributed by atoms with E-state index in [9.17, 15) is 0 Å². The van der Waals surface area contributed by atoms with Gasteiger partial charge in [-0.25, -0.2) is 0 Å². The molecule has 0 bridgehead atoms. The summed E-state index contributed by atoms with van der Waals surface area (Å²) in [5.41, 5.74) is 0. The Morgan fingerprint density at radius 3 is 1.00 bits per heavy atom. The maximum absolute atomic E-state index is 4.13. The fourth-order valence-electron chi connectivity index (χ4n) is 3.58. The largest absolute Gasteiger partial charge is 0.371 e. The molecule has 0 aromatic carbocycles. The summed E-state index contributed by atoms with van der Waals surface area (Å²) in [7, 11) is -2.08. The van der Waals surface area contributed by atoms with E-state index in [2.05, 4.69) is 60.6 Å². The number of hydrogen-bond donors (Lipinski definition) is 2. The molecule has 0 spiro atoms. The van der Waals surface area contributed by atoms with Crippen molar-refractivity contribution < 1.29 is 0 Å². The minimum Gasteiger partial charge on any atom is -0.300 e. The average molecular weight is 401 g/mol. The van der Waals surface area contributed by atoms with E-state index in [0.29, 0.717) is 0 Å². The van der Waals surface area contributed by atoms with Gasteiger partial charge in [0.15, 0.2) is 0 Å². The van der Waals surface area contributed by atoms with Crippen LogP contribution < -0.4 is 9.96 Å². The first kappa shape index (κ1) is 27.1. The Bertz CT molecular complexity index is 269. The minimum atomic E-state index is -2.08. The molecule has 0 heterocycles. The van der Waals surface area contributed by atoms with Crippen LogP contribution in [-0.2, 0) is 0 Å². The SMILES string of the molecule is CCCCN(CCCC)[Si](NCCC)(NCCC)N(CCCC)CCCC. The van der Waals surface area contributed by atoms with Gasteiger partial charge in [0.2, 0.25) is 0 Å². The van der Waals surface area contributed by atoms with Gasteiger partial charge in [0, 0.05) is 0 Å². The lowest BCUT2D eigenvalue weighted by Crippen LogP contribution is -2.82. The highest BCUT2D eigenvalue weighted by Gasteiger charge is 2.45. The van der Waals surface area contributed by atoms with Crippen molar-refractivity contribution in [2.24, 2.45) is 0 Å². The molecular formula is C22H52N4Si. The number of nitrogens with one attached hydrogen (secondary N) is 2. The Balaban J connectivity index is 5.83. The molecule has 2 N–H and O–H groups in total. The molecule has 4 nitrogen and oxygen atoms in total. The van der Waals surface area contributed by atoms with Crippen LogP contribution in [-0.4, -0.2) is 57.1 Å². The third kappa shape index (κ3) is 10.4. The number of hydrogen-bond acceptors (Lipinski definition) is 4. The highest BCUT2D eigenvalue weighted by atomic mass is 28.4. The third-order valence-corrected chi connectivity index (χ3v) is 9.50. The summed E-state index contributed by atoms with van der Waals surface area (Å²) in [5.74, 6) is 0. The van der Waals surface area contributed by atoms with Gasteiger partial charge in [-0.3, -0.25) is 9.13 Å². The summed E-state index contributed by atoms with van der Waals surface area (Å²) in [5, 5.41) is 0. The summed E-state index contributed by atoms with van der Waals surface area (Å²) in [6, 6.07) is 0. The third-order valence-electron chi connectivity index (χ3n) is 5.28. The predicted molar refractivity (Wildman–Crippen MR) is 125 cm³/mol. The zero-order valence-corrected chi connectivity index (χ0v) is 20.7. The molecular weight excluding hydrogens is 348 g/mol. The first-order valence-corrected chi connectivity index (χ1v) is 14.1. The van der Waals surface area contributed by atoms with Gasteiger partial charge in [-0.2, -0.15) is 0 Å². The fourth-order valence-corrected chi connectivity index (χ4v) is 8.12. The lowest BCUT2D eigenvalue weighted by molar-refractivity contribution is 0.277. The van der Waals surface area contributed by atoms with Crippen LogP contribution in [0.1, 0.15) is 106 Å². The second kappa shape index (κ2) is 18.1. The lowest BCUT2D eigenvalue weighted by atomic mass is 10.3. The van der Waals surface area contributed by atoms with E-state index in [-0.39, 0.29) is 0 Å². The summed E-state index contributed by atoms with van der Waals surface area (Å²) in [4.78, 5) is 8.27. The minimum absolute atomic E-state index is 1.12. The zero-order valence-electron chi connectivity index (χ0n) is 19.7. The van der Waals surface area contributed by atoms with E-state index in [4.69, 9.17) is 0 Å². The molecule has 0 amide bonds. The molecule has 0 aliphatic rings. The molecule has 0 atom stereocenters. The molecule has 0 fully saturated rings. The van der Waals surface area contributed by atoms with Crippen molar-refractivity contribution in [2.75, 3.05) is 39.3 Å². The Kier molecular flexibility index (Phi) is 18.1. The number of nitrogens with zero attached hydrogens (tertiary/aromatic N) is 2. The second-order valence-electron chi connectivity index (χ2n) is 7.91. The van der Waals surface area contributed by atoms with E-state index in [1.165, 1.54) is 90.4 Å². The Labute approximate surface area is 173 Å². The fraction of sp³-hybridized carbons (Fsp3) is 1.00. The molecule has 5 heteroatoms. The van der Waals surface area contributed by atoms with Gasteiger partial charge < -0.3 is 9.96 Å². The van der Waals surface area contributed by atoms with Crippen molar-refractivity contribution in [2.45, 2.75) is 106 Å². The highest BCUT2D eigenvalue weighted by Crippen LogP contribution is 2.16. The van der Waals surface area contributed by atoms with Crippen molar-refractivity contribution in [3.63, 3.8) is 0 Å². The standard InChI is InChI=1S/C22H52N4Si/c1-7-13-19-25(20-14-8-2)27(23-17-11-5,24-18-12-6)26(21-15-9-3)22-16-10-4/h23-24H,7-22H2,1-6H3. The molecule has 0 saturated carbocycles. The first-order chi connectivity index (χ1) is 13.2. The molecule has 0 unspecified atom stereocenters. The second-order valence-corrected chi connectivity index (χ2v) is 11.2. The van der Waals surface area contributed by atoms with Crippen LogP contribution in [0.2, 0.25) is 0 Å². The summed E-state index contributed by atoms with van der Waals surface area (Å²) in [6.07, 6.45) is 12.7. The highest BCUT2D eigenvalue weighted by molar-refractivity contribution is 6.69. The maximum Gasteiger partial charge on any atom is 0.371 e. The van der Waals surface area contributed by atoms with Gasteiger partial charge in [0.1, 0.15) is 0 Å². The van der Waals surface area contributed by atoms with Crippen LogP contribution in [0.3, 0.4) is 0 Å². The Hall–Kier alpha value is 0.0569. The summed E-state index contributed by atoms with van der Waals surface area (Å²) >= 11 is 0. The quantitative estimate of drug-likeness (QED) is 0.274. The van der Waals surface area contributed by atoms with Gasteiger partial charge >= 0.3 is 8.72 Å². The van der Waals surface area contributed by atoms with Crippen LogP contribution in [0, 0.1) is 0 Å². The van der Waals surface area contributed by atoms with Crippen molar-refractivity contribution in [3.05, 3.63) is 0 Å². The first-order valence-electron chi connectivity index (χ1n) is 12.2. The van der Waals surface area contributed by atoms with Crippen molar-refractivity contribution >= 4 is 8.72 Å². The number of rotatable bonds is 20. The van der Waals surface area contributed by atoms with Crippen LogP contribution >= 0.6 is 0 Å². The van der Waals surface area contributed by atoms with E-state index < -0.39 is 8.72 Å². The molecule has 0 aromatic heterocycles. The molecule has 0 aliphatic carbocycles. The van der Waals surface area contributed by atoms with Crippen molar-refractivity contribution in [1.29, 1.82) is 0 Å². The van der Waals surface area contributed by atoms with E-state index in [1.807, 2.05) is 0 Å². The molecule has 0 aromatic rings. The van der Waals surface area contributed by atoms with Crippen LogP contribution in [0.15, 0.2) is 0 Å². The molecule has 27 heavy (non-hydrogen) atoms. The topological polar surface area (TPSA) is 30.5 Å². The lowest BCUT2D eigenvalue weighted by Gasteiger charge is -2.49. The molecule has 0 aliphatic heterocycles. The van der Waals surface area contributed by atoms with Gasteiger partial charge in [-0.1, -0.05) is 67.2 Å². The van der Waals surface area contributed by atoms with Crippen LogP contribution in [0.5, 0.6) is 0 Å². The molecule has 0 rings (SSSR count). The van der Waals surface area contributed by atoms with Gasteiger partial charge in [-0.15, -0.1) is 0 Å². The van der Waals surface area contributed by atoms with Crippen LogP contribution in [0.4, 0.5) is 0 Å². The average Bonchev–Trinajstić information content (AvgIpc) is 2.69. The van der Waals surface area contributed by atoms with Gasteiger partial charge in [-0.05, 0) is 77.8 Å². The normalized spacial score (nSPS) is 12.4. The zero-order chi connectivity index (χ0) is 20.4. The van der Waals surface area contributed by atoms with Gasteiger partial charge in [0.05, 0.1) is 0 Å². The summed E-state index contributed by atoms with van der Waals surface area (Å²) < 4.78 is 5.74. The Morgan fingerprint density at radius 1 is 0.481 bits per heavy atom. The molecule has 164 valence electrons. The molecule has 0 saturated heterocycles. The molecule has 0 radical (unpaired) electrons. The summed E-state index contributed by atoms with van der Waals surface area (Å²) in [6.45, 7) is 21.1. The van der Waals surface area contributed by atoms with Crippen molar-refractivity contribution in [3.8, 4) is 0 Å². The van der Waals surface area contributed by atoms with Gasteiger partial charge in [0.25, 0.3) is 0 Å².